The first-order valence-corrected chi connectivity index (χ1v) is 6.29. The van der Waals surface area contributed by atoms with E-state index in [1.54, 1.807) is 18.2 Å². The first-order chi connectivity index (χ1) is 9.54. The van der Waals surface area contributed by atoms with E-state index in [-0.39, 0.29) is 5.56 Å². The molecule has 0 radical (unpaired) electrons. The van der Waals surface area contributed by atoms with Crippen LogP contribution in [0.5, 0.6) is 11.5 Å². The predicted octanol–water partition coefficient (Wildman–Crippen LogP) is 1.69. The summed E-state index contributed by atoms with van der Waals surface area (Å²) in [6, 6.07) is 4.00. The molecule has 0 aliphatic rings. The zero-order valence-electron chi connectivity index (χ0n) is 11.8. The van der Waals surface area contributed by atoms with Crippen LogP contribution in [0.1, 0.15) is 30.1 Å². The highest BCUT2D eigenvalue weighted by atomic mass is 16.5. The van der Waals surface area contributed by atoms with Crippen molar-refractivity contribution in [2.24, 2.45) is 0 Å². The van der Waals surface area contributed by atoms with Crippen LogP contribution in [0.3, 0.4) is 0 Å². The number of carbonyl (C=O) groups excluding carboxylic acids is 1. The summed E-state index contributed by atoms with van der Waals surface area (Å²) in [6.45, 7) is 1.85. The van der Waals surface area contributed by atoms with Crippen LogP contribution in [0.25, 0.3) is 0 Å². The molecule has 2 N–H and O–H groups in total. The first-order valence-electron chi connectivity index (χ1n) is 6.29. The van der Waals surface area contributed by atoms with Crippen molar-refractivity contribution >= 4 is 11.9 Å². The Bertz CT molecular complexity index is 464. The lowest BCUT2D eigenvalue weighted by Crippen LogP contribution is -2.40. The Kier molecular flexibility index (Phi) is 5.83. The van der Waals surface area contributed by atoms with Crippen LogP contribution in [0.4, 0.5) is 0 Å². The number of aliphatic carboxylic acids is 1. The van der Waals surface area contributed by atoms with Crippen LogP contribution in [0.2, 0.25) is 0 Å². The highest BCUT2D eigenvalue weighted by molar-refractivity contribution is 6.01. The highest BCUT2D eigenvalue weighted by Crippen LogP contribution is 2.28. The number of ether oxygens (including phenoxy) is 2. The standard InChI is InChI=1S/C14H19NO5/c1-4-6-9(14(17)18)15-13(16)12-10(19-2)7-5-8-11(12)20-3/h5,7-9H,4,6H2,1-3H3,(H,15,16)(H,17,18)/t9-/m1/s1. The van der Waals surface area contributed by atoms with Gasteiger partial charge in [-0.15, -0.1) is 0 Å². The summed E-state index contributed by atoms with van der Waals surface area (Å²) in [4.78, 5) is 23.3. The molecule has 1 amide bonds. The van der Waals surface area contributed by atoms with Gasteiger partial charge in [-0.3, -0.25) is 4.79 Å². The topological polar surface area (TPSA) is 84.9 Å². The second-order valence-corrected chi connectivity index (χ2v) is 4.19. The van der Waals surface area contributed by atoms with Crippen molar-refractivity contribution in [3.8, 4) is 11.5 Å². The van der Waals surface area contributed by atoms with E-state index in [1.807, 2.05) is 6.92 Å². The van der Waals surface area contributed by atoms with E-state index >= 15 is 0 Å². The molecule has 0 bridgehead atoms. The molecule has 1 aromatic carbocycles. The van der Waals surface area contributed by atoms with Gasteiger partial charge in [0.15, 0.2) is 0 Å². The van der Waals surface area contributed by atoms with Crippen molar-refractivity contribution in [1.82, 2.24) is 5.32 Å². The summed E-state index contributed by atoms with van der Waals surface area (Å²) in [5.41, 5.74) is 0.194. The third-order valence-corrected chi connectivity index (χ3v) is 2.84. The number of amides is 1. The maximum atomic E-state index is 12.3. The van der Waals surface area contributed by atoms with Crippen LogP contribution in [-0.4, -0.2) is 37.2 Å². The fourth-order valence-corrected chi connectivity index (χ4v) is 1.85. The van der Waals surface area contributed by atoms with Gasteiger partial charge < -0.3 is 19.9 Å². The second-order valence-electron chi connectivity index (χ2n) is 4.19. The molecule has 0 aromatic heterocycles. The van der Waals surface area contributed by atoms with E-state index in [2.05, 4.69) is 5.32 Å². The van der Waals surface area contributed by atoms with Gasteiger partial charge in [-0.05, 0) is 18.6 Å². The molecule has 0 aliphatic carbocycles. The largest absolute Gasteiger partial charge is 0.496 e. The van der Waals surface area contributed by atoms with Crippen LogP contribution in [0, 0.1) is 0 Å². The van der Waals surface area contributed by atoms with Gasteiger partial charge in [-0.1, -0.05) is 19.4 Å². The molecule has 0 spiro atoms. The molecular formula is C14H19NO5. The number of benzene rings is 1. The average molecular weight is 281 g/mol. The van der Waals surface area contributed by atoms with Crippen molar-refractivity contribution < 1.29 is 24.2 Å². The van der Waals surface area contributed by atoms with Gasteiger partial charge in [-0.25, -0.2) is 4.79 Å². The number of rotatable bonds is 7. The molecule has 1 rings (SSSR count). The zero-order chi connectivity index (χ0) is 15.1. The molecule has 0 saturated carbocycles. The molecule has 0 heterocycles. The van der Waals surface area contributed by atoms with E-state index in [0.29, 0.717) is 24.3 Å². The second kappa shape index (κ2) is 7.37. The molecule has 110 valence electrons. The summed E-state index contributed by atoms with van der Waals surface area (Å²) >= 11 is 0. The van der Waals surface area contributed by atoms with E-state index < -0.39 is 17.9 Å². The summed E-state index contributed by atoms with van der Waals surface area (Å²) in [5.74, 6) is -0.917. The smallest absolute Gasteiger partial charge is 0.326 e. The van der Waals surface area contributed by atoms with Gasteiger partial charge in [0.05, 0.1) is 14.2 Å². The number of hydrogen-bond acceptors (Lipinski definition) is 4. The lowest BCUT2D eigenvalue weighted by Gasteiger charge is -2.16. The van der Waals surface area contributed by atoms with Crippen LogP contribution in [-0.2, 0) is 4.79 Å². The molecule has 20 heavy (non-hydrogen) atoms. The van der Waals surface area contributed by atoms with Crippen LogP contribution in [0.15, 0.2) is 18.2 Å². The maximum Gasteiger partial charge on any atom is 0.326 e. The Hall–Kier alpha value is -2.24. The monoisotopic (exact) mass is 281 g/mol. The fourth-order valence-electron chi connectivity index (χ4n) is 1.85. The Morgan fingerprint density at radius 1 is 1.25 bits per heavy atom. The van der Waals surface area contributed by atoms with E-state index in [4.69, 9.17) is 14.6 Å². The highest BCUT2D eigenvalue weighted by Gasteiger charge is 2.24. The summed E-state index contributed by atoms with van der Waals surface area (Å²) in [6.07, 6.45) is 1.01. The number of hydrogen-bond donors (Lipinski definition) is 2. The number of carboxylic acid groups (broad SMARTS) is 1. The summed E-state index contributed by atoms with van der Waals surface area (Å²) < 4.78 is 10.2. The Morgan fingerprint density at radius 2 is 1.80 bits per heavy atom. The lowest BCUT2D eigenvalue weighted by atomic mass is 10.1. The minimum absolute atomic E-state index is 0.194. The van der Waals surface area contributed by atoms with Gasteiger partial charge in [0.2, 0.25) is 0 Å². The number of carbonyl (C=O) groups is 2. The first kappa shape index (κ1) is 15.8. The molecule has 0 unspecified atom stereocenters. The van der Waals surface area contributed by atoms with Crippen molar-refractivity contribution in [1.29, 1.82) is 0 Å². The number of nitrogens with one attached hydrogen (secondary N) is 1. The Labute approximate surface area is 117 Å². The summed E-state index contributed by atoms with van der Waals surface area (Å²) in [5, 5.41) is 11.6. The number of carboxylic acids is 1. The van der Waals surface area contributed by atoms with Gasteiger partial charge >= 0.3 is 5.97 Å². The van der Waals surface area contributed by atoms with Crippen LogP contribution >= 0.6 is 0 Å². The minimum atomic E-state index is -1.06. The van der Waals surface area contributed by atoms with Crippen LogP contribution < -0.4 is 14.8 Å². The molecule has 6 heteroatoms. The molecule has 0 aliphatic heterocycles. The van der Waals surface area contributed by atoms with Gasteiger partial charge in [0, 0.05) is 0 Å². The molecule has 6 nitrogen and oxygen atoms in total. The minimum Gasteiger partial charge on any atom is -0.496 e. The van der Waals surface area contributed by atoms with Crippen molar-refractivity contribution in [2.45, 2.75) is 25.8 Å². The molecular weight excluding hydrogens is 262 g/mol. The van der Waals surface area contributed by atoms with E-state index in [9.17, 15) is 9.59 Å². The lowest BCUT2D eigenvalue weighted by molar-refractivity contribution is -0.139. The Balaban J connectivity index is 3.04. The average Bonchev–Trinajstić information content (AvgIpc) is 2.45. The molecule has 1 aromatic rings. The molecule has 1 atom stereocenters. The number of methoxy groups -OCH3 is 2. The third-order valence-electron chi connectivity index (χ3n) is 2.84. The van der Waals surface area contributed by atoms with Gasteiger partial charge in [0.1, 0.15) is 23.1 Å². The normalized spacial score (nSPS) is 11.6. The maximum absolute atomic E-state index is 12.3. The fraction of sp³-hybridized carbons (Fsp3) is 0.429. The quantitative estimate of drug-likeness (QED) is 0.794. The molecule has 0 saturated heterocycles. The van der Waals surface area contributed by atoms with Crippen molar-refractivity contribution in [2.75, 3.05) is 14.2 Å². The zero-order valence-corrected chi connectivity index (χ0v) is 11.8. The van der Waals surface area contributed by atoms with Gasteiger partial charge in [0.25, 0.3) is 5.91 Å². The van der Waals surface area contributed by atoms with Crippen molar-refractivity contribution in [3.63, 3.8) is 0 Å². The Morgan fingerprint density at radius 3 is 2.20 bits per heavy atom. The predicted molar refractivity (Wildman–Crippen MR) is 73.3 cm³/mol. The van der Waals surface area contributed by atoms with E-state index in [1.165, 1.54) is 14.2 Å². The summed E-state index contributed by atoms with van der Waals surface area (Å²) in [7, 11) is 2.87. The SMILES string of the molecule is CCC[C@@H](NC(=O)c1c(OC)cccc1OC)C(=O)O. The third kappa shape index (κ3) is 3.63. The van der Waals surface area contributed by atoms with E-state index in [0.717, 1.165) is 0 Å². The van der Waals surface area contributed by atoms with Crippen molar-refractivity contribution in [3.05, 3.63) is 23.8 Å². The van der Waals surface area contributed by atoms with Gasteiger partial charge in [-0.2, -0.15) is 0 Å². The molecule has 0 fully saturated rings.